The molecule has 3 rings (SSSR count). The molecule has 0 aliphatic heterocycles. The highest BCUT2D eigenvalue weighted by molar-refractivity contribution is 6.32. The number of amides is 1. The molecule has 0 aliphatic rings. The Morgan fingerprint density at radius 2 is 1.93 bits per heavy atom. The molecule has 0 spiro atoms. The van der Waals surface area contributed by atoms with Crippen molar-refractivity contribution >= 4 is 34.1 Å². The average Bonchev–Trinajstić information content (AvgIpc) is 2.66. The van der Waals surface area contributed by atoms with Gasteiger partial charge in [0.15, 0.2) is 6.61 Å². The van der Waals surface area contributed by atoms with E-state index in [9.17, 15) is 9.59 Å². The van der Waals surface area contributed by atoms with Crippen LogP contribution in [0.1, 0.15) is 6.92 Å². The smallest absolute Gasteiger partial charge is 0.262 e. The van der Waals surface area contributed by atoms with Crippen molar-refractivity contribution in [2.45, 2.75) is 13.5 Å². The summed E-state index contributed by atoms with van der Waals surface area (Å²) in [5.74, 6) is 0.539. The van der Waals surface area contributed by atoms with Crippen LogP contribution < -0.4 is 20.3 Å². The van der Waals surface area contributed by atoms with Gasteiger partial charge in [0.2, 0.25) is 0 Å². The molecule has 6 nitrogen and oxygen atoms in total. The standard InChI is InChI=1S/C20H19ClN2O4/c1-3-23-16-7-5-4-6-14(16)18(11-20(23)25)27-12-19(24)22-13-8-9-17(26-2)15(21)10-13/h4-11H,3,12H2,1-2H3,(H,22,24). The van der Waals surface area contributed by atoms with Crippen LogP contribution in [0.2, 0.25) is 5.02 Å². The van der Waals surface area contributed by atoms with E-state index < -0.39 is 0 Å². The molecule has 1 N–H and O–H groups in total. The number of fused-ring (bicyclic) bond motifs is 1. The highest BCUT2D eigenvalue weighted by atomic mass is 35.5. The first-order valence-electron chi connectivity index (χ1n) is 8.42. The molecule has 27 heavy (non-hydrogen) atoms. The van der Waals surface area contributed by atoms with Crippen LogP contribution in [-0.2, 0) is 11.3 Å². The number of aromatic nitrogens is 1. The van der Waals surface area contributed by atoms with Crippen LogP contribution in [0.5, 0.6) is 11.5 Å². The maximum Gasteiger partial charge on any atom is 0.262 e. The van der Waals surface area contributed by atoms with E-state index in [4.69, 9.17) is 21.1 Å². The zero-order valence-corrected chi connectivity index (χ0v) is 15.7. The predicted octanol–water partition coefficient (Wildman–Crippen LogP) is 3.70. The van der Waals surface area contributed by atoms with Gasteiger partial charge in [-0.05, 0) is 37.3 Å². The molecule has 0 fully saturated rings. The average molecular weight is 387 g/mol. The van der Waals surface area contributed by atoms with E-state index in [1.165, 1.54) is 13.2 Å². The van der Waals surface area contributed by atoms with Crippen molar-refractivity contribution in [3.63, 3.8) is 0 Å². The van der Waals surface area contributed by atoms with E-state index >= 15 is 0 Å². The fourth-order valence-corrected chi connectivity index (χ4v) is 3.09. The third kappa shape index (κ3) is 4.06. The van der Waals surface area contributed by atoms with Gasteiger partial charge in [-0.25, -0.2) is 0 Å². The molecular weight excluding hydrogens is 368 g/mol. The number of nitrogens with zero attached hydrogens (tertiary/aromatic N) is 1. The third-order valence-corrected chi connectivity index (χ3v) is 4.39. The number of aryl methyl sites for hydroxylation is 1. The fraction of sp³-hybridized carbons (Fsp3) is 0.200. The minimum Gasteiger partial charge on any atom is -0.495 e. The Bertz CT molecular complexity index is 1050. The number of hydrogen-bond donors (Lipinski definition) is 1. The molecule has 1 heterocycles. The van der Waals surface area contributed by atoms with Gasteiger partial charge in [0, 0.05) is 23.7 Å². The Hall–Kier alpha value is -2.99. The summed E-state index contributed by atoms with van der Waals surface area (Å²) in [5, 5.41) is 3.87. The minimum atomic E-state index is -0.361. The van der Waals surface area contributed by atoms with Gasteiger partial charge >= 0.3 is 0 Å². The predicted molar refractivity (Wildman–Crippen MR) is 106 cm³/mol. The molecule has 0 saturated carbocycles. The van der Waals surface area contributed by atoms with Crippen molar-refractivity contribution in [1.82, 2.24) is 4.57 Å². The third-order valence-electron chi connectivity index (χ3n) is 4.09. The number of carbonyl (C=O) groups excluding carboxylic acids is 1. The number of ether oxygens (including phenoxy) is 2. The second kappa shape index (κ2) is 8.14. The quantitative estimate of drug-likeness (QED) is 0.701. The number of halogens is 1. The molecule has 2 aromatic carbocycles. The number of para-hydroxylation sites is 1. The molecule has 3 aromatic rings. The second-order valence-corrected chi connectivity index (χ2v) is 6.20. The summed E-state index contributed by atoms with van der Waals surface area (Å²) >= 11 is 6.05. The Labute approximate surface area is 161 Å². The van der Waals surface area contributed by atoms with Gasteiger partial charge in [0.1, 0.15) is 11.5 Å². The monoisotopic (exact) mass is 386 g/mol. The number of nitrogens with one attached hydrogen (secondary N) is 1. The molecule has 0 unspecified atom stereocenters. The van der Waals surface area contributed by atoms with Gasteiger partial charge < -0.3 is 19.4 Å². The normalized spacial score (nSPS) is 10.6. The lowest BCUT2D eigenvalue weighted by atomic mass is 10.2. The summed E-state index contributed by atoms with van der Waals surface area (Å²) in [5.41, 5.74) is 1.12. The van der Waals surface area contributed by atoms with Crippen LogP contribution in [0, 0.1) is 0 Å². The lowest BCUT2D eigenvalue weighted by molar-refractivity contribution is -0.118. The first kappa shape index (κ1) is 18.8. The molecule has 0 aliphatic carbocycles. The lowest BCUT2D eigenvalue weighted by Gasteiger charge is -2.13. The number of rotatable bonds is 6. The van der Waals surface area contributed by atoms with Gasteiger partial charge in [0.05, 0.1) is 17.6 Å². The van der Waals surface area contributed by atoms with E-state index in [0.29, 0.717) is 28.8 Å². The van der Waals surface area contributed by atoms with Gasteiger partial charge in [-0.3, -0.25) is 9.59 Å². The summed E-state index contributed by atoms with van der Waals surface area (Å²) < 4.78 is 12.4. The molecule has 140 valence electrons. The first-order chi connectivity index (χ1) is 13.0. The highest BCUT2D eigenvalue weighted by Crippen LogP contribution is 2.27. The Morgan fingerprint density at radius 3 is 2.63 bits per heavy atom. The molecule has 0 radical (unpaired) electrons. The van der Waals surface area contributed by atoms with Gasteiger partial charge in [-0.2, -0.15) is 0 Å². The maximum absolute atomic E-state index is 12.3. The van der Waals surface area contributed by atoms with Crippen molar-refractivity contribution in [2.24, 2.45) is 0 Å². The topological polar surface area (TPSA) is 69.6 Å². The minimum absolute atomic E-state index is 0.173. The van der Waals surface area contributed by atoms with Crippen molar-refractivity contribution in [2.75, 3.05) is 19.0 Å². The highest BCUT2D eigenvalue weighted by Gasteiger charge is 2.11. The van der Waals surface area contributed by atoms with Crippen molar-refractivity contribution < 1.29 is 14.3 Å². The number of anilines is 1. The lowest BCUT2D eigenvalue weighted by Crippen LogP contribution is -2.23. The zero-order chi connectivity index (χ0) is 19.4. The zero-order valence-electron chi connectivity index (χ0n) is 15.0. The number of hydrogen-bond acceptors (Lipinski definition) is 4. The molecule has 0 atom stereocenters. The molecule has 7 heteroatoms. The molecule has 1 aromatic heterocycles. The summed E-state index contributed by atoms with van der Waals surface area (Å²) in [6.07, 6.45) is 0. The fourth-order valence-electron chi connectivity index (χ4n) is 2.83. The van der Waals surface area contributed by atoms with Crippen molar-refractivity contribution in [3.05, 3.63) is 63.9 Å². The van der Waals surface area contributed by atoms with Crippen molar-refractivity contribution in [3.8, 4) is 11.5 Å². The Balaban J connectivity index is 1.76. The Morgan fingerprint density at radius 1 is 1.15 bits per heavy atom. The van der Waals surface area contributed by atoms with Gasteiger partial charge in [-0.15, -0.1) is 0 Å². The molecule has 0 bridgehead atoms. The van der Waals surface area contributed by atoms with Crippen molar-refractivity contribution in [1.29, 1.82) is 0 Å². The number of carbonyl (C=O) groups is 1. The van der Waals surface area contributed by atoms with Crippen LogP contribution in [-0.4, -0.2) is 24.2 Å². The van der Waals surface area contributed by atoms with Gasteiger partial charge in [-0.1, -0.05) is 23.7 Å². The molecular formula is C20H19ClN2O4. The largest absolute Gasteiger partial charge is 0.495 e. The summed E-state index contributed by atoms with van der Waals surface area (Å²) in [4.78, 5) is 24.5. The van der Waals surface area contributed by atoms with Gasteiger partial charge in [0.25, 0.3) is 11.5 Å². The van der Waals surface area contributed by atoms with Crippen LogP contribution in [0.15, 0.2) is 53.3 Å². The van der Waals surface area contributed by atoms with E-state index in [-0.39, 0.29) is 18.1 Å². The summed E-state index contributed by atoms with van der Waals surface area (Å²) in [6.45, 7) is 2.23. The molecule has 1 amide bonds. The summed E-state index contributed by atoms with van der Waals surface area (Å²) in [7, 11) is 1.52. The van der Waals surface area contributed by atoms with Crippen LogP contribution in [0.4, 0.5) is 5.69 Å². The van der Waals surface area contributed by atoms with E-state index in [1.54, 1.807) is 22.8 Å². The number of benzene rings is 2. The van der Waals surface area contributed by atoms with E-state index in [0.717, 1.165) is 10.9 Å². The first-order valence-corrected chi connectivity index (χ1v) is 8.80. The maximum atomic E-state index is 12.3. The molecule has 0 saturated heterocycles. The van der Waals surface area contributed by atoms with Crippen LogP contribution in [0.3, 0.4) is 0 Å². The SMILES string of the molecule is CCn1c(=O)cc(OCC(=O)Nc2ccc(OC)c(Cl)c2)c2ccccc21. The van der Waals surface area contributed by atoms with Crippen LogP contribution >= 0.6 is 11.6 Å². The summed E-state index contributed by atoms with van der Waals surface area (Å²) in [6, 6.07) is 13.8. The van der Waals surface area contributed by atoms with E-state index in [2.05, 4.69) is 5.32 Å². The van der Waals surface area contributed by atoms with E-state index in [1.807, 2.05) is 31.2 Å². The second-order valence-electron chi connectivity index (χ2n) is 5.79. The number of pyridine rings is 1. The Kier molecular flexibility index (Phi) is 5.66. The number of methoxy groups -OCH3 is 1. The van der Waals surface area contributed by atoms with Crippen LogP contribution in [0.25, 0.3) is 10.9 Å².